The summed E-state index contributed by atoms with van der Waals surface area (Å²) in [4.78, 5) is 26.1. The lowest BCUT2D eigenvalue weighted by molar-refractivity contribution is -0.142. The van der Waals surface area contributed by atoms with Gasteiger partial charge in [-0.2, -0.15) is 0 Å². The minimum absolute atomic E-state index is 0.159. The van der Waals surface area contributed by atoms with Gasteiger partial charge in [-0.1, -0.05) is 6.92 Å². The monoisotopic (exact) mass is 244 g/mol. The number of nitrogens with zero attached hydrogens (tertiary/aromatic N) is 2. The Morgan fingerprint density at radius 2 is 2.00 bits per heavy atom. The average Bonchev–Trinajstić information content (AvgIpc) is 2.73. The van der Waals surface area contributed by atoms with E-state index in [2.05, 4.69) is 0 Å². The van der Waals surface area contributed by atoms with Crippen LogP contribution in [0.15, 0.2) is 0 Å². The Morgan fingerprint density at radius 1 is 1.35 bits per heavy atom. The third-order valence-electron chi connectivity index (χ3n) is 2.86. The topological polar surface area (TPSA) is 70.1 Å². The van der Waals surface area contributed by atoms with Gasteiger partial charge in [-0.3, -0.25) is 4.79 Å². The van der Waals surface area contributed by atoms with E-state index in [1.54, 1.807) is 19.0 Å². The zero-order valence-electron chi connectivity index (χ0n) is 10.5. The van der Waals surface area contributed by atoms with E-state index in [4.69, 9.17) is 9.84 Å². The molecule has 2 amide bonds. The highest BCUT2D eigenvalue weighted by Gasteiger charge is 2.40. The molecule has 1 aliphatic rings. The molecule has 1 rings (SSSR count). The molecule has 0 aromatic rings. The standard InChI is InChI=1S/C11H20N2O4/c1-4-5-13(11(16)12(2)3)9-7-17-6-8(9)10(14)15/h8-9H,4-7H2,1-3H3,(H,14,15). The Labute approximate surface area is 101 Å². The van der Waals surface area contributed by atoms with E-state index in [-0.39, 0.29) is 18.7 Å². The van der Waals surface area contributed by atoms with Gasteiger partial charge >= 0.3 is 12.0 Å². The number of carbonyl (C=O) groups is 2. The van der Waals surface area contributed by atoms with Crippen LogP contribution in [-0.2, 0) is 9.53 Å². The summed E-state index contributed by atoms with van der Waals surface area (Å²) in [6.07, 6.45) is 0.794. The van der Waals surface area contributed by atoms with E-state index < -0.39 is 11.9 Å². The van der Waals surface area contributed by atoms with E-state index in [1.165, 1.54) is 4.90 Å². The highest BCUT2D eigenvalue weighted by molar-refractivity contribution is 5.77. The van der Waals surface area contributed by atoms with E-state index >= 15 is 0 Å². The van der Waals surface area contributed by atoms with Crippen molar-refractivity contribution in [1.82, 2.24) is 9.80 Å². The van der Waals surface area contributed by atoms with Crippen molar-refractivity contribution in [3.63, 3.8) is 0 Å². The Kier molecular flexibility index (Phi) is 4.74. The number of urea groups is 1. The van der Waals surface area contributed by atoms with Crippen LogP contribution in [0.4, 0.5) is 4.79 Å². The Morgan fingerprint density at radius 3 is 2.47 bits per heavy atom. The Bertz CT molecular complexity index is 293. The largest absolute Gasteiger partial charge is 0.481 e. The number of ether oxygens (including phenoxy) is 1. The maximum absolute atomic E-state index is 12.0. The maximum Gasteiger partial charge on any atom is 0.319 e. The van der Waals surface area contributed by atoms with Crippen LogP contribution in [0.25, 0.3) is 0 Å². The van der Waals surface area contributed by atoms with Crippen LogP contribution >= 0.6 is 0 Å². The summed E-state index contributed by atoms with van der Waals surface area (Å²) in [7, 11) is 3.33. The van der Waals surface area contributed by atoms with Gasteiger partial charge in [0.25, 0.3) is 0 Å². The van der Waals surface area contributed by atoms with Gasteiger partial charge in [0, 0.05) is 20.6 Å². The summed E-state index contributed by atoms with van der Waals surface area (Å²) in [6.45, 7) is 2.99. The molecule has 2 unspecified atom stereocenters. The molecule has 1 heterocycles. The van der Waals surface area contributed by atoms with Crippen LogP contribution in [0.2, 0.25) is 0 Å². The molecule has 0 spiro atoms. The lowest BCUT2D eigenvalue weighted by Gasteiger charge is -2.32. The zero-order chi connectivity index (χ0) is 13.0. The van der Waals surface area contributed by atoms with Crippen molar-refractivity contribution in [1.29, 1.82) is 0 Å². The summed E-state index contributed by atoms with van der Waals surface area (Å²) in [5, 5.41) is 9.09. The minimum atomic E-state index is -0.903. The van der Waals surface area contributed by atoms with Gasteiger partial charge in [0.15, 0.2) is 0 Å². The second kappa shape index (κ2) is 5.86. The van der Waals surface area contributed by atoms with Gasteiger partial charge in [0.2, 0.25) is 0 Å². The van der Waals surface area contributed by atoms with E-state index in [0.717, 1.165) is 6.42 Å². The number of rotatable bonds is 4. The normalized spacial score (nSPS) is 23.5. The molecule has 1 aliphatic heterocycles. The molecule has 0 radical (unpaired) electrons. The lowest BCUT2D eigenvalue weighted by atomic mass is 10.0. The summed E-state index contributed by atoms with van der Waals surface area (Å²) in [6, 6.07) is -0.518. The first-order valence-electron chi connectivity index (χ1n) is 5.77. The second-order valence-electron chi connectivity index (χ2n) is 4.42. The van der Waals surface area contributed by atoms with Crippen LogP contribution in [0, 0.1) is 5.92 Å². The summed E-state index contributed by atoms with van der Waals surface area (Å²) < 4.78 is 5.19. The molecule has 1 fully saturated rings. The molecule has 98 valence electrons. The molecule has 0 aromatic heterocycles. The summed E-state index contributed by atoms with van der Waals surface area (Å²) in [5.74, 6) is -1.52. The maximum atomic E-state index is 12.0. The van der Waals surface area contributed by atoms with Crippen molar-refractivity contribution in [3.05, 3.63) is 0 Å². The zero-order valence-corrected chi connectivity index (χ0v) is 10.5. The number of hydrogen-bond donors (Lipinski definition) is 1. The number of amides is 2. The van der Waals surface area contributed by atoms with Crippen LogP contribution in [-0.4, -0.2) is 66.8 Å². The van der Waals surface area contributed by atoms with E-state index in [1.807, 2.05) is 6.92 Å². The van der Waals surface area contributed by atoms with Crippen molar-refractivity contribution in [2.24, 2.45) is 5.92 Å². The van der Waals surface area contributed by atoms with Gasteiger partial charge in [0.1, 0.15) is 5.92 Å². The van der Waals surface area contributed by atoms with Gasteiger partial charge < -0.3 is 19.6 Å². The summed E-state index contributed by atoms with van der Waals surface area (Å²) in [5.41, 5.74) is 0. The van der Waals surface area contributed by atoms with Crippen molar-refractivity contribution in [2.75, 3.05) is 33.9 Å². The first kappa shape index (κ1) is 13.8. The van der Waals surface area contributed by atoms with Gasteiger partial charge in [-0.05, 0) is 6.42 Å². The van der Waals surface area contributed by atoms with E-state index in [9.17, 15) is 9.59 Å². The highest BCUT2D eigenvalue weighted by Crippen LogP contribution is 2.21. The third kappa shape index (κ3) is 3.09. The van der Waals surface area contributed by atoms with Crippen molar-refractivity contribution >= 4 is 12.0 Å². The molecule has 17 heavy (non-hydrogen) atoms. The van der Waals surface area contributed by atoms with Gasteiger partial charge in [-0.15, -0.1) is 0 Å². The molecule has 1 saturated heterocycles. The average molecular weight is 244 g/mol. The molecule has 0 aliphatic carbocycles. The predicted octanol–water partition coefficient (Wildman–Crippen LogP) is 0.480. The van der Waals surface area contributed by atoms with Crippen molar-refractivity contribution in [3.8, 4) is 0 Å². The molecule has 1 N–H and O–H groups in total. The number of carboxylic acids is 1. The van der Waals surface area contributed by atoms with Crippen LogP contribution < -0.4 is 0 Å². The molecule has 6 heteroatoms. The molecule has 0 bridgehead atoms. The first-order chi connectivity index (χ1) is 7.99. The molecule has 0 aromatic carbocycles. The highest BCUT2D eigenvalue weighted by atomic mass is 16.5. The first-order valence-corrected chi connectivity index (χ1v) is 5.77. The quantitative estimate of drug-likeness (QED) is 0.781. The van der Waals surface area contributed by atoms with Crippen molar-refractivity contribution < 1.29 is 19.4 Å². The Balaban J connectivity index is 2.82. The Hall–Kier alpha value is -1.30. The molecule has 0 saturated carbocycles. The lowest BCUT2D eigenvalue weighted by Crippen LogP contribution is -2.50. The van der Waals surface area contributed by atoms with E-state index in [0.29, 0.717) is 13.2 Å². The second-order valence-corrected chi connectivity index (χ2v) is 4.42. The number of carbonyl (C=O) groups excluding carboxylic acids is 1. The smallest absolute Gasteiger partial charge is 0.319 e. The molecular formula is C11H20N2O4. The SMILES string of the molecule is CCCN(C(=O)N(C)C)C1COCC1C(=O)O. The number of carboxylic acid groups (broad SMARTS) is 1. The number of hydrogen-bond acceptors (Lipinski definition) is 3. The fraction of sp³-hybridized carbons (Fsp3) is 0.818. The van der Waals surface area contributed by atoms with Gasteiger partial charge in [-0.25, -0.2) is 4.79 Å². The molecular weight excluding hydrogens is 224 g/mol. The summed E-state index contributed by atoms with van der Waals surface area (Å²) >= 11 is 0. The van der Waals surface area contributed by atoms with Crippen molar-refractivity contribution in [2.45, 2.75) is 19.4 Å². The van der Waals surface area contributed by atoms with Crippen LogP contribution in [0.1, 0.15) is 13.3 Å². The van der Waals surface area contributed by atoms with Crippen LogP contribution in [0.3, 0.4) is 0 Å². The van der Waals surface area contributed by atoms with Crippen LogP contribution in [0.5, 0.6) is 0 Å². The predicted molar refractivity (Wildman–Crippen MR) is 61.8 cm³/mol. The minimum Gasteiger partial charge on any atom is -0.481 e. The molecule has 2 atom stereocenters. The van der Waals surface area contributed by atoms with Gasteiger partial charge in [0.05, 0.1) is 19.3 Å². The fourth-order valence-corrected chi connectivity index (χ4v) is 1.99. The number of aliphatic carboxylic acids is 1. The molecule has 6 nitrogen and oxygen atoms in total. The third-order valence-corrected chi connectivity index (χ3v) is 2.86. The fourth-order valence-electron chi connectivity index (χ4n) is 1.99.